The zero-order chi connectivity index (χ0) is 20.5. The Balaban J connectivity index is 1.47. The van der Waals surface area contributed by atoms with Gasteiger partial charge in [-0.3, -0.25) is 4.79 Å². The van der Waals surface area contributed by atoms with Crippen molar-refractivity contribution in [2.45, 2.75) is 13.8 Å². The van der Waals surface area contributed by atoms with Crippen LogP contribution < -0.4 is 20.1 Å². The lowest BCUT2D eigenvalue weighted by Gasteiger charge is -2.11. The molecule has 5 heteroatoms. The number of rotatable bonds is 9. The van der Waals surface area contributed by atoms with Gasteiger partial charge in [-0.05, 0) is 54.4 Å². The highest BCUT2D eigenvalue weighted by atomic mass is 16.5. The van der Waals surface area contributed by atoms with E-state index in [-0.39, 0.29) is 12.5 Å². The molecule has 0 spiro atoms. The van der Waals surface area contributed by atoms with Crippen molar-refractivity contribution in [3.8, 4) is 17.2 Å². The molecular formula is C24H26N2O3. The molecular weight excluding hydrogens is 364 g/mol. The summed E-state index contributed by atoms with van der Waals surface area (Å²) in [4.78, 5) is 12.2. The Morgan fingerprint density at radius 3 is 2.24 bits per heavy atom. The number of nitrogens with one attached hydrogen (secondary N) is 2. The number of amides is 1. The average molecular weight is 390 g/mol. The van der Waals surface area contributed by atoms with Crippen LogP contribution in [-0.4, -0.2) is 19.1 Å². The number of hydrogen-bond donors (Lipinski definition) is 2. The highest BCUT2D eigenvalue weighted by molar-refractivity contribution is 5.93. The van der Waals surface area contributed by atoms with Gasteiger partial charge < -0.3 is 20.1 Å². The largest absolute Gasteiger partial charge is 0.493 e. The molecule has 0 radical (unpaired) electrons. The fourth-order valence-corrected chi connectivity index (χ4v) is 2.58. The molecule has 0 unspecified atom stereocenters. The van der Waals surface area contributed by atoms with Gasteiger partial charge >= 0.3 is 0 Å². The first-order chi connectivity index (χ1) is 14.1. The summed E-state index contributed by atoms with van der Waals surface area (Å²) in [5, 5.41) is 5.99. The molecule has 0 bridgehead atoms. The molecule has 3 rings (SSSR count). The number of anilines is 2. The number of carbonyl (C=O) groups is 1. The highest BCUT2D eigenvalue weighted by Crippen LogP contribution is 2.22. The molecule has 5 nitrogen and oxygen atoms in total. The average Bonchev–Trinajstić information content (AvgIpc) is 2.73. The van der Waals surface area contributed by atoms with Crippen molar-refractivity contribution >= 4 is 17.3 Å². The third-order valence-electron chi connectivity index (χ3n) is 3.99. The van der Waals surface area contributed by atoms with E-state index in [0.29, 0.717) is 18.2 Å². The van der Waals surface area contributed by atoms with Gasteiger partial charge in [-0.1, -0.05) is 38.1 Å². The Labute approximate surface area is 171 Å². The van der Waals surface area contributed by atoms with Crippen molar-refractivity contribution in [2.24, 2.45) is 5.92 Å². The van der Waals surface area contributed by atoms with Crippen LogP contribution >= 0.6 is 0 Å². The summed E-state index contributed by atoms with van der Waals surface area (Å²) < 4.78 is 11.5. The minimum atomic E-state index is -0.129. The van der Waals surface area contributed by atoms with Gasteiger partial charge in [-0.15, -0.1) is 0 Å². The van der Waals surface area contributed by atoms with E-state index in [2.05, 4.69) is 24.5 Å². The molecule has 0 aliphatic carbocycles. The predicted molar refractivity (Wildman–Crippen MR) is 117 cm³/mol. The molecule has 2 N–H and O–H groups in total. The maximum absolute atomic E-state index is 12.2. The van der Waals surface area contributed by atoms with Crippen molar-refractivity contribution in [2.75, 3.05) is 23.8 Å². The van der Waals surface area contributed by atoms with Crippen LogP contribution in [-0.2, 0) is 4.79 Å². The molecule has 0 aliphatic rings. The van der Waals surface area contributed by atoms with Crippen LogP contribution in [0, 0.1) is 5.92 Å². The van der Waals surface area contributed by atoms with E-state index in [1.165, 1.54) is 0 Å². The number of benzene rings is 3. The van der Waals surface area contributed by atoms with Crippen molar-refractivity contribution in [1.29, 1.82) is 0 Å². The summed E-state index contributed by atoms with van der Waals surface area (Å²) in [6.45, 7) is 4.99. The number of carbonyl (C=O) groups excluding carboxylic acids is 1. The highest BCUT2D eigenvalue weighted by Gasteiger charge is 2.05. The van der Waals surface area contributed by atoms with Gasteiger partial charge in [0.2, 0.25) is 5.91 Å². The topological polar surface area (TPSA) is 59.6 Å². The molecule has 0 saturated carbocycles. The third kappa shape index (κ3) is 6.88. The second-order valence-corrected chi connectivity index (χ2v) is 7.07. The molecule has 3 aromatic rings. The van der Waals surface area contributed by atoms with E-state index in [0.717, 1.165) is 22.9 Å². The standard InChI is InChI=1S/C24H26N2O3/c1-18(2)17-28-23-10-6-7-20(15-23)26-24(27)16-25-19-11-13-22(14-12-19)29-21-8-4-3-5-9-21/h3-15,18,25H,16-17H2,1-2H3,(H,26,27). The Morgan fingerprint density at radius 2 is 1.52 bits per heavy atom. The number of ether oxygens (including phenoxy) is 2. The molecule has 29 heavy (non-hydrogen) atoms. The third-order valence-corrected chi connectivity index (χ3v) is 3.99. The maximum atomic E-state index is 12.2. The summed E-state index contributed by atoms with van der Waals surface area (Å²) in [5.74, 6) is 2.59. The van der Waals surface area contributed by atoms with Crippen molar-refractivity contribution < 1.29 is 14.3 Å². The molecule has 0 fully saturated rings. The Bertz CT molecular complexity index is 909. The van der Waals surface area contributed by atoms with Crippen LogP contribution in [0.1, 0.15) is 13.8 Å². The molecule has 0 aliphatic heterocycles. The lowest BCUT2D eigenvalue weighted by atomic mass is 10.2. The Morgan fingerprint density at radius 1 is 0.828 bits per heavy atom. The van der Waals surface area contributed by atoms with Crippen LogP contribution in [0.5, 0.6) is 17.2 Å². The van der Waals surface area contributed by atoms with Gasteiger partial charge in [-0.25, -0.2) is 0 Å². The van der Waals surface area contributed by atoms with Gasteiger partial charge in [0.1, 0.15) is 17.2 Å². The monoisotopic (exact) mass is 390 g/mol. The minimum absolute atomic E-state index is 0.129. The Hall–Kier alpha value is -3.47. The lowest BCUT2D eigenvalue weighted by Crippen LogP contribution is -2.21. The van der Waals surface area contributed by atoms with E-state index in [4.69, 9.17) is 9.47 Å². The summed E-state index contributed by atoms with van der Waals surface area (Å²) in [6.07, 6.45) is 0. The summed E-state index contributed by atoms with van der Waals surface area (Å²) in [7, 11) is 0. The van der Waals surface area contributed by atoms with E-state index in [1.807, 2.05) is 78.9 Å². The van der Waals surface area contributed by atoms with Gasteiger partial charge in [0.05, 0.1) is 13.2 Å². The molecule has 0 aromatic heterocycles. The SMILES string of the molecule is CC(C)COc1cccc(NC(=O)CNc2ccc(Oc3ccccc3)cc2)c1. The number of hydrogen-bond acceptors (Lipinski definition) is 4. The van der Waals surface area contributed by atoms with E-state index in [9.17, 15) is 4.79 Å². The summed E-state index contributed by atoms with van der Waals surface area (Å²) in [6, 6.07) is 24.5. The first-order valence-electron chi connectivity index (χ1n) is 9.68. The van der Waals surface area contributed by atoms with Gasteiger partial charge in [0.25, 0.3) is 0 Å². The van der Waals surface area contributed by atoms with Crippen LogP contribution in [0.4, 0.5) is 11.4 Å². The smallest absolute Gasteiger partial charge is 0.243 e. The fourth-order valence-electron chi connectivity index (χ4n) is 2.58. The van der Waals surface area contributed by atoms with Gasteiger partial charge in [-0.2, -0.15) is 0 Å². The van der Waals surface area contributed by atoms with Crippen molar-refractivity contribution in [1.82, 2.24) is 0 Å². The zero-order valence-electron chi connectivity index (χ0n) is 16.7. The van der Waals surface area contributed by atoms with Crippen LogP contribution in [0.25, 0.3) is 0 Å². The summed E-state index contributed by atoms with van der Waals surface area (Å²) in [5.41, 5.74) is 1.55. The van der Waals surface area contributed by atoms with Crippen LogP contribution in [0.15, 0.2) is 78.9 Å². The van der Waals surface area contributed by atoms with Crippen LogP contribution in [0.2, 0.25) is 0 Å². The molecule has 1 amide bonds. The van der Waals surface area contributed by atoms with Gasteiger partial charge in [0.15, 0.2) is 0 Å². The van der Waals surface area contributed by atoms with Crippen LogP contribution in [0.3, 0.4) is 0 Å². The molecule has 0 saturated heterocycles. The second-order valence-electron chi connectivity index (χ2n) is 7.07. The second kappa shape index (κ2) is 10.2. The fraction of sp³-hybridized carbons (Fsp3) is 0.208. The minimum Gasteiger partial charge on any atom is -0.493 e. The quantitative estimate of drug-likeness (QED) is 0.502. The molecule has 0 atom stereocenters. The van der Waals surface area contributed by atoms with Crippen molar-refractivity contribution in [3.05, 3.63) is 78.9 Å². The van der Waals surface area contributed by atoms with Crippen molar-refractivity contribution in [3.63, 3.8) is 0 Å². The van der Waals surface area contributed by atoms with E-state index in [1.54, 1.807) is 0 Å². The zero-order valence-corrected chi connectivity index (χ0v) is 16.7. The first-order valence-corrected chi connectivity index (χ1v) is 9.68. The molecule has 150 valence electrons. The normalized spacial score (nSPS) is 10.4. The Kier molecular flexibility index (Phi) is 7.11. The lowest BCUT2D eigenvalue weighted by molar-refractivity contribution is -0.114. The summed E-state index contributed by atoms with van der Waals surface area (Å²) >= 11 is 0. The van der Waals surface area contributed by atoms with E-state index < -0.39 is 0 Å². The first kappa shape index (κ1) is 20.3. The predicted octanol–water partition coefficient (Wildman–Crippen LogP) is 5.56. The van der Waals surface area contributed by atoms with Gasteiger partial charge in [0, 0.05) is 17.4 Å². The maximum Gasteiger partial charge on any atom is 0.243 e. The molecule has 3 aromatic carbocycles. The molecule has 0 heterocycles. The van der Waals surface area contributed by atoms with E-state index >= 15 is 0 Å². The number of para-hydroxylation sites is 1.